The SMILES string of the molecule is CCCNCc1ccc(OC)cc1OCC1CCC1. The van der Waals surface area contributed by atoms with Gasteiger partial charge in [0.15, 0.2) is 0 Å². The molecule has 0 spiro atoms. The van der Waals surface area contributed by atoms with Crippen LogP contribution in [0.1, 0.15) is 38.2 Å². The molecule has 3 heteroatoms. The van der Waals surface area contributed by atoms with E-state index in [1.807, 2.05) is 12.1 Å². The second-order valence-corrected chi connectivity index (χ2v) is 5.26. The summed E-state index contributed by atoms with van der Waals surface area (Å²) in [5.41, 5.74) is 1.22. The first kappa shape index (κ1) is 14.2. The minimum absolute atomic E-state index is 0.752. The molecule has 1 aromatic rings. The molecule has 1 saturated carbocycles. The van der Waals surface area contributed by atoms with E-state index in [1.165, 1.54) is 24.8 Å². The Bertz CT molecular complexity index is 388. The Balaban J connectivity index is 1.97. The predicted octanol–water partition coefficient (Wildman–Crippen LogP) is 3.37. The summed E-state index contributed by atoms with van der Waals surface area (Å²) in [5, 5.41) is 3.42. The highest BCUT2D eigenvalue weighted by Crippen LogP contribution is 2.30. The fraction of sp³-hybridized carbons (Fsp3) is 0.625. The lowest BCUT2D eigenvalue weighted by Gasteiger charge is -2.26. The molecule has 0 bridgehead atoms. The Hall–Kier alpha value is -1.22. The summed E-state index contributed by atoms with van der Waals surface area (Å²) in [6.07, 6.45) is 5.13. The molecular weight excluding hydrogens is 238 g/mol. The van der Waals surface area contributed by atoms with E-state index >= 15 is 0 Å². The monoisotopic (exact) mass is 263 g/mol. The van der Waals surface area contributed by atoms with Crippen molar-refractivity contribution in [2.75, 3.05) is 20.3 Å². The summed E-state index contributed by atoms with van der Waals surface area (Å²) in [6.45, 7) is 4.91. The Morgan fingerprint density at radius 2 is 2.16 bits per heavy atom. The molecule has 0 radical (unpaired) electrons. The summed E-state index contributed by atoms with van der Waals surface area (Å²) in [5.74, 6) is 2.58. The molecule has 19 heavy (non-hydrogen) atoms. The van der Waals surface area contributed by atoms with Gasteiger partial charge in [-0.3, -0.25) is 0 Å². The maximum absolute atomic E-state index is 5.99. The number of nitrogens with one attached hydrogen (secondary N) is 1. The van der Waals surface area contributed by atoms with Crippen LogP contribution in [0.3, 0.4) is 0 Å². The molecule has 1 aliphatic carbocycles. The van der Waals surface area contributed by atoms with Gasteiger partial charge in [0.2, 0.25) is 0 Å². The molecule has 3 nitrogen and oxygen atoms in total. The van der Waals surface area contributed by atoms with Crippen molar-refractivity contribution in [2.45, 2.75) is 39.2 Å². The van der Waals surface area contributed by atoms with Crippen molar-refractivity contribution in [3.05, 3.63) is 23.8 Å². The van der Waals surface area contributed by atoms with E-state index in [0.717, 1.165) is 43.5 Å². The molecule has 0 atom stereocenters. The Labute approximate surface area is 116 Å². The Morgan fingerprint density at radius 1 is 1.32 bits per heavy atom. The lowest BCUT2D eigenvalue weighted by Crippen LogP contribution is -2.20. The first-order valence-corrected chi connectivity index (χ1v) is 7.34. The highest BCUT2D eigenvalue weighted by atomic mass is 16.5. The van der Waals surface area contributed by atoms with Gasteiger partial charge in [0.05, 0.1) is 13.7 Å². The normalized spacial score (nSPS) is 15.1. The van der Waals surface area contributed by atoms with Crippen molar-refractivity contribution < 1.29 is 9.47 Å². The van der Waals surface area contributed by atoms with E-state index in [2.05, 4.69) is 18.3 Å². The molecule has 0 aromatic heterocycles. The van der Waals surface area contributed by atoms with Gasteiger partial charge in [-0.1, -0.05) is 19.4 Å². The molecule has 1 aliphatic rings. The number of rotatable bonds is 8. The topological polar surface area (TPSA) is 30.5 Å². The second-order valence-electron chi connectivity index (χ2n) is 5.26. The molecular formula is C16H25NO2. The molecule has 0 aliphatic heterocycles. The molecule has 1 fully saturated rings. The maximum Gasteiger partial charge on any atom is 0.127 e. The Kier molecular flexibility index (Phi) is 5.52. The molecule has 106 valence electrons. The van der Waals surface area contributed by atoms with Gasteiger partial charge in [-0.05, 0) is 37.8 Å². The van der Waals surface area contributed by atoms with Crippen LogP contribution in [0.25, 0.3) is 0 Å². The van der Waals surface area contributed by atoms with Gasteiger partial charge >= 0.3 is 0 Å². The van der Waals surface area contributed by atoms with Gasteiger partial charge in [-0.25, -0.2) is 0 Å². The van der Waals surface area contributed by atoms with Crippen LogP contribution >= 0.6 is 0 Å². The van der Waals surface area contributed by atoms with Crippen molar-refractivity contribution in [2.24, 2.45) is 5.92 Å². The average Bonchev–Trinajstić information content (AvgIpc) is 2.38. The van der Waals surface area contributed by atoms with Crippen LogP contribution < -0.4 is 14.8 Å². The minimum Gasteiger partial charge on any atom is -0.497 e. The molecule has 2 rings (SSSR count). The standard InChI is InChI=1S/C16H25NO2/c1-3-9-17-11-14-7-8-15(18-2)10-16(14)19-12-13-5-4-6-13/h7-8,10,13,17H,3-6,9,11-12H2,1-2H3. The molecule has 0 heterocycles. The quantitative estimate of drug-likeness (QED) is 0.729. The zero-order valence-electron chi connectivity index (χ0n) is 12.1. The van der Waals surface area contributed by atoms with E-state index < -0.39 is 0 Å². The third kappa shape index (κ3) is 4.13. The lowest BCUT2D eigenvalue weighted by atomic mass is 9.86. The van der Waals surface area contributed by atoms with Crippen LogP contribution in [0.4, 0.5) is 0 Å². The van der Waals surface area contributed by atoms with Gasteiger partial charge in [-0.2, -0.15) is 0 Å². The third-order valence-corrected chi connectivity index (χ3v) is 3.72. The van der Waals surface area contributed by atoms with E-state index in [9.17, 15) is 0 Å². The van der Waals surface area contributed by atoms with Crippen LogP contribution in [-0.2, 0) is 6.54 Å². The van der Waals surface area contributed by atoms with Crippen LogP contribution in [0, 0.1) is 5.92 Å². The fourth-order valence-corrected chi connectivity index (χ4v) is 2.21. The zero-order chi connectivity index (χ0) is 13.5. The summed E-state index contributed by atoms with van der Waals surface area (Å²) in [7, 11) is 1.69. The summed E-state index contributed by atoms with van der Waals surface area (Å²) >= 11 is 0. The van der Waals surface area contributed by atoms with Crippen molar-refractivity contribution in [1.82, 2.24) is 5.32 Å². The molecule has 0 amide bonds. The van der Waals surface area contributed by atoms with Crippen LogP contribution in [-0.4, -0.2) is 20.3 Å². The van der Waals surface area contributed by atoms with Crippen LogP contribution in [0.15, 0.2) is 18.2 Å². The van der Waals surface area contributed by atoms with Crippen molar-refractivity contribution >= 4 is 0 Å². The zero-order valence-corrected chi connectivity index (χ0v) is 12.1. The summed E-state index contributed by atoms with van der Waals surface area (Å²) in [4.78, 5) is 0. The predicted molar refractivity (Wildman–Crippen MR) is 77.8 cm³/mol. The van der Waals surface area contributed by atoms with Gasteiger partial charge in [0.1, 0.15) is 11.5 Å². The van der Waals surface area contributed by atoms with E-state index in [-0.39, 0.29) is 0 Å². The smallest absolute Gasteiger partial charge is 0.127 e. The molecule has 1 N–H and O–H groups in total. The summed E-state index contributed by atoms with van der Waals surface area (Å²) in [6, 6.07) is 6.10. The minimum atomic E-state index is 0.752. The Morgan fingerprint density at radius 3 is 2.79 bits per heavy atom. The number of hydrogen-bond donors (Lipinski definition) is 1. The molecule has 1 aromatic carbocycles. The lowest BCUT2D eigenvalue weighted by molar-refractivity contribution is 0.179. The number of hydrogen-bond acceptors (Lipinski definition) is 3. The number of ether oxygens (including phenoxy) is 2. The first-order chi connectivity index (χ1) is 9.33. The van der Waals surface area contributed by atoms with Crippen molar-refractivity contribution in [1.29, 1.82) is 0 Å². The van der Waals surface area contributed by atoms with Crippen LogP contribution in [0.2, 0.25) is 0 Å². The molecule has 0 saturated heterocycles. The van der Waals surface area contributed by atoms with Crippen molar-refractivity contribution in [3.63, 3.8) is 0 Å². The highest BCUT2D eigenvalue weighted by molar-refractivity contribution is 5.40. The van der Waals surface area contributed by atoms with E-state index in [1.54, 1.807) is 7.11 Å². The van der Waals surface area contributed by atoms with Crippen molar-refractivity contribution in [3.8, 4) is 11.5 Å². The van der Waals surface area contributed by atoms with E-state index in [0.29, 0.717) is 0 Å². The van der Waals surface area contributed by atoms with Gasteiger partial charge < -0.3 is 14.8 Å². The van der Waals surface area contributed by atoms with Gasteiger partial charge in [-0.15, -0.1) is 0 Å². The second kappa shape index (κ2) is 7.39. The molecule has 0 unspecified atom stereocenters. The average molecular weight is 263 g/mol. The fourth-order valence-electron chi connectivity index (χ4n) is 2.21. The third-order valence-electron chi connectivity index (χ3n) is 3.72. The largest absolute Gasteiger partial charge is 0.497 e. The number of methoxy groups -OCH3 is 1. The van der Waals surface area contributed by atoms with E-state index in [4.69, 9.17) is 9.47 Å². The van der Waals surface area contributed by atoms with Gasteiger partial charge in [0.25, 0.3) is 0 Å². The number of benzene rings is 1. The maximum atomic E-state index is 5.99. The first-order valence-electron chi connectivity index (χ1n) is 7.34. The summed E-state index contributed by atoms with van der Waals surface area (Å²) < 4.78 is 11.3. The van der Waals surface area contributed by atoms with Gasteiger partial charge in [0, 0.05) is 18.2 Å². The highest BCUT2D eigenvalue weighted by Gasteiger charge is 2.18. The van der Waals surface area contributed by atoms with Crippen LogP contribution in [0.5, 0.6) is 11.5 Å².